The molecule has 13 heavy (non-hydrogen) atoms. The number of hydrogen-bond acceptors (Lipinski definition) is 2. The molecule has 3 nitrogen and oxygen atoms in total. The van der Waals surface area contributed by atoms with Gasteiger partial charge in [0.1, 0.15) is 0 Å². The summed E-state index contributed by atoms with van der Waals surface area (Å²) in [4.78, 5) is 9.58. The number of aliphatic hydroxyl groups is 1. The normalized spacial score (nSPS) is 15.2. The molecule has 0 unspecified atom stereocenters. The van der Waals surface area contributed by atoms with Gasteiger partial charge in [0.15, 0.2) is 0 Å². The molecule has 0 aromatic rings. The summed E-state index contributed by atoms with van der Waals surface area (Å²) >= 11 is 0.248. The van der Waals surface area contributed by atoms with Crippen molar-refractivity contribution in [2.24, 2.45) is 0 Å². The molecule has 0 aromatic carbocycles. The zero-order chi connectivity index (χ0) is 10.9. The highest BCUT2D eigenvalue weighted by Gasteiger charge is 2.40. The minimum atomic E-state index is -4.88. The first-order valence-electron chi connectivity index (χ1n) is 3.65. The van der Waals surface area contributed by atoms with Crippen LogP contribution in [-0.2, 0) is 4.79 Å². The van der Waals surface area contributed by atoms with Crippen molar-refractivity contribution in [3.05, 3.63) is 0 Å². The maximum Gasteiger partial charge on any atom is 0.471 e. The molecule has 2 N–H and O–H groups in total. The smallest absolute Gasteiger partial charge is 0.390 e. The molecule has 0 aliphatic carbocycles. The molecule has 0 aliphatic rings. The highest BCUT2D eigenvalue weighted by Crippen LogP contribution is 2.15. The lowest BCUT2D eigenvalue weighted by Crippen LogP contribution is -2.53. The SMILES string of the molecule is CC(C)(O)[C@H]([AlH2])NC(=O)C(F)(F)F. The van der Waals surface area contributed by atoms with Crippen LogP contribution in [0.4, 0.5) is 13.2 Å². The number of nitrogens with one attached hydrogen (secondary N) is 1. The molecule has 0 aromatic heterocycles. The van der Waals surface area contributed by atoms with E-state index in [4.69, 9.17) is 0 Å². The molecular formula is C6H11AlF3NO2. The van der Waals surface area contributed by atoms with Crippen molar-refractivity contribution in [3.8, 4) is 0 Å². The van der Waals surface area contributed by atoms with Gasteiger partial charge in [-0.25, -0.2) is 0 Å². The van der Waals surface area contributed by atoms with Crippen LogP contribution in [0.1, 0.15) is 13.8 Å². The second kappa shape index (κ2) is 3.86. The van der Waals surface area contributed by atoms with Crippen molar-refractivity contribution in [3.63, 3.8) is 0 Å². The Kier molecular flexibility index (Phi) is 3.79. The third-order valence-corrected chi connectivity index (χ3v) is 3.37. The summed E-state index contributed by atoms with van der Waals surface area (Å²) in [5.74, 6) is -2.00. The predicted octanol–water partition coefficient (Wildman–Crippen LogP) is -0.605. The fourth-order valence-electron chi connectivity index (χ4n) is 0.455. The van der Waals surface area contributed by atoms with Gasteiger partial charge in [0.05, 0.1) is 5.60 Å². The summed E-state index contributed by atoms with van der Waals surface area (Å²) in [6.45, 7) is 2.70. The van der Waals surface area contributed by atoms with Gasteiger partial charge in [0, 0.05) is 0 Å². The molecule has 0 spiro atoms. The molecular weight excluding hydrogens is 202 g/mol. The van der Waals surface area contributed by atoms with Crippen molar-refractivity contribution in [1.82, 2.24) is 5.32 Å². The van der Waals surface area contributed by atoms with E-state index in [0.29, 0.717) is 0 Å². The Morgan fingerprint density at radius 3 is 2.08 bits per heavy atom. The molecule has 1 atom stereocenters. The Morgan fingerprint density at radius 1 is 1.46 bits per heavy atom. The van der Waals surface area contributed by atoms with Gasteiger partial charge < -0.3 is 10.4 Å². The molecule has 76 valence electrons. The molecule has 0 radical (unpaired) electrons. The van der Waals surface area contributed by atoms with Crippen molar-refractivity contribution < 1.29 is 23.1 Å². The summed E-state index contributed by atoms with van der Waals surface area (Å²) in [5.41, 5.74) is -1.31. The standard InChI is InChI=1S/C6H9F3NO2.Al.2H/c1-5(2,12)3-10-4(11)6(7,8)9;;;/h3,12H,1-2H3,(H,10,11);;;. The first kappa shape index (κ1) is 12.8. The third-order valence-electron chi connectivity index (χ3n) is 1.66. The molecule has 0 heterocycles. The molecule has 0 rings (SSSR count). The molecule has 1 amide bonds. The number of amides is 1. The van der Waals surface area contributed by atoms with Crippen molar-refractivity contribution in [2.75, 3.05) is 0 Å². The highest BCUT2D eigenvalue weighted by molar-refractivity contribution is 6.14. The van der Waals surface area contributed by atoms with Gasteiger partial charge in [0.25, 0.3) is 16.3 Å². The van der Waals surface area contributed by atoms with E-state index in [2.05, 4.69) is 0 Å². The first-order chi connectivity index (χ1) is 5.55. The van der Waals surface area contributed by atoms with Crippen LogP contribution in [0.5, 0.6) is 0 Å². The van der Waals surface area contributed by atoms with E-state index >= 15 is 0 Å². The van der Waals surface area contributed by atoms with Crippen LogP contribution >= 0.6 is 0 Å². The second-order valence-corrected chi connectivity index (χ2v) is 4.50. The highest BCUT2D eigenvalue weighted by atomic mass is 27.0. The molecule has 0 fully saturated rings. The molecule has 0 bridgehead atoms. The molecule has 0 saturated heterocycles. The lowest BCUT2D eigenvalue weighted by atomic mass is 10.1. The fraction of sp³-hybridized carbons (Fsp3) is 0.833. The number of halogens is 3. The Labute approximate surface area is 81.7 Å². The van der Waals surface area contributed by atoms with E-state index in [1.165, 1.54) is 13.8 Å². The minimum Gasteiger partial charge on any atom is -0.390 e. The van der Waals surface area contributed by atoms with Crippen LogP contribution in [0, 0.1) is 0 Å². The number of alkyl halides is 3. The van der Waals surface area contributed by atoms with E-state index in [9.17, 15) is 23.1 Å². The van der Waals surface area contributed by atoms with Crippen LogP contribution in [0.25, 0.3) is 0 Å². The van der Waals surface area contributed by atoms with E-state index in [-0.39, 0.29) is 16.3 Å². The van der Waals surface area contributed by atoms with Crippen LogP contribution in [0.2, 0.25) is 0 Å². The van der Waals surface area contributed by atoms with Gasteiger partial charge in [-0.3, -0.25) is 4.79 Å². The maximum atomic E-state index is 11.7. The van der Waals surface area contributed by atoms with Crippen LogP contribution in [-0.4, -0.2) is 44.0 Å². The van der Waals surface area contributed by atoms with E-state index < -0.39 is 22.6 Å². The van der Waals surface area contributed by atoms with Gasteiger partial charge in [-0.1, -0.05) is 0 Å². The average molecular weight is 213 g/mol. The molecule has 0 aliphatic heterocycles. The predicted molar refractivity (Wildman–Crippen MR) is 42.8 cm³/mol. The van der Waals surface area contributed by atoms with E-state index in [0.717, 1.165) is 0 Å². The summed E-state index contributed by atoms with van der Waals surface area (Å²) in [5, 5.41) is 11.0. The topological polar surface area (TPSA) is 49.3 Å². The van der Waals surface area contributed by atoms with E-state index in [1.807, 2.05) is 0 Å². The van der Waals surface area contributed by atoms with Crippen LogP contribution in [0.3, 0.4) is 0 Å². The van der Waals surface area contributed by atoms with Gasteiger partial charge in [-0.2, -0.15) is 13.2 Å². The van der Waals surface area contributed by atoms with Crippen molar-refractivity contribution in [2.45, 2.75) is 30.5 Å². The fourth-order valence-corrected chi connectivity index (χ4v) is 0.717. The quantitative estimate of drug-likeness (QED) is 0.601. The molecule has 0 saturated carbocycles. The first-order valence-corrected chi connectivity index (χ1v) is 4.80. The van der Waals surface area contributed by atoms with Gasteiger partial charge in [-0.05, 0) is 18.8 Å². The van der Waals surface area contributed by atoms with Gasteiger partial charge in [0.2, 0.25) is 0 Å². The van der Waals surface area contributed by atoms with Crippen molar-refractivity contribution >= 4 is 22.2 Å². The van der Waals surface area contributed by atoms with E-state index in [1.54, 1.807) is 5.32 Å². The summed E-state index contributed by atoms with van der Waals surface area (Å²) < 4.78 is 35.2. The number of carbonyl (C=O) groups is 1. The van der Waals surface area contributed by atoms with Gasteiger partial charge in [-0.15, -0.1) is 0 Å². The molecule has 7 heteroatoms. The Hall–Kier alpha value is -0.248. The number of hydrogen-bond donors (Lipinski definition) is 2. The van der Waals surface area contributed by atoms with Crippen LogP contribution in [0.15, 0.2) is 0 Å². The Bertz CT molecular complexity index is 199. The third kappa shape index (κ3) is 4.50. The average Bonchev–Trinajstić information content (AvgIpc) is 1.82. The van der Waals surface area contributed by atoms with Gasteiger partial charge >= 0.3 is 12.1 Å². The minimum absolute atomic E-state index is 0.248. The largest absolute Gasteiger partial charge is 0.471 e. The number of rotatable bonds is 2. The zero-order valence-corrected chi connectivity index (χ0v) is 9.57. The summed E-state index contributed by atoms with van der Waals surface area (Å²) in [7, 11) is 0. The Morgan fingerprint density at radius 2 is 1.85 bits per heavy atom. The lowest BCUT2D eigenvalue weighted by molar-refractivity contribution is -0.174. The lowest BCUT2D eigenvalue weighted by Gasteiger charge is -2.27. The van der Waals surface area contributed by atoms with Crippen LogP contribution < -0.4 is 5.32 Å². The zero-order valence-electron chi connectivity index (χ0n) is 7.57. The summed E-state index contributed by atoms with van der Waals surface area (Å²) in [6.07, 6.45) is -4.88. The second-order valence-electron chi connectivity index (χ2n) is 3.35. The number of carbonyl (C=O) groups excluding carboxylic acids is 1. The summed E-state index contributed by atoms with van der Waals surface area (Å²) in [6, 6.07) is 0. The Balaban J connectivity index is 4.24. The monoisotopic (exact) mass is 213 g/mol. The van der Waals surface area contributed by atoms with Crippen molar-refractivity contribution in [1.29, 1.82) is 0 Å². The maximum absolute atomic E-state index is 11.7.